The van der Waals surface area contributed by atoms with Crippen LogP contribution in [0.3, 0.4) is 0 Å². The molecule has 0 aromatic carbocycles. The average molecular weight is 267 g/mol. The molecule has 0 bridgehead atoms. The first-order chi connectivity index (χ1) is 9.16. The van der Waals surface area contributed by atoms with Crippen LogP contribution in [0.4, 0.5) is 0 Å². The molecule has 0 aromatic rings. The number of ether oxygens (including phenoxy) is 1. The maximum Gasteiger partial charge on any atom is 0.188 e. The molecule has 4 heteroatoms. The highest BCUT2D eigenvalue weighted by molar-refractivity contribution is 5.78. The van der Waals surface area contributed by atoms with Crippen LogP contribution in [-0.2, 0) is 4.74 Å². The molecule has 0 radical (unpaired) electrons. The molecule has 0 spiro atoms. The summed E-state index contributed by atoms with van der Waals surface area (Å²) in [4.78, 5) is 4.55. The molecule has 1 aliphatic carbocycles. The lowest BCUT2D eigenvalue weighted by Gasteiger charge is -2.33. The maximum atomic E-state index is 5.99. The summed E-state index contributed by atoms with van der Waals surface area (Å²) in [5.74, 6) is 1.71. The van der Waals surface area contributed by atoms with E-state index < -0.39 is 0 Å². The normalized spacial score (nSPS) is 29.9. The highest BCUT2D eigenvalue weighted by atomic mass is 16.5. The summed E-state index contributed by atoms with van der Waals surface area (Å²) in [6, 6.07) is 0.548. The molecule has 3 N–H and O–H groups in total. The van der Waals surface area contributed by atoms with Crippen molar-refractivity contribution < 1.29 is 4.74 Å². The van der Waals surface area contributed by atoms with Crippen LogP contribution >= 0.6 is 0 Å². The topological polar surface area (TPSA) is 59.6 Å². The van der Waals surface area contributed by atoms with Crippen LogP contribution in [0, 0.1) is 11.8 Å². The number of nitrogens with one attached hydrogen (secondary N) is 1. The van der Waals surface area contributed by atoms with E-state index in [4.69, 9.17) is 10.5 Å². The quantitative estimate of drug-likeness (QED) is 0.607. The predicted octanol–water partition coefficient (Wildman–Crippen LogP) is 2.28. The molecule has 19 heavy (non-hydrogen) atoms. The summed E-state index contributed by atoms with van der Waals surface area (Å²) in [6.07, 6.45) is 7.81. The van der Waals surface area contributed by atoms with Gasteiger partial charge in [-0.05, 0) is 31.6 Å². The number of guanidine groups is 1. The average Bonchev–Trinajstić information content (AvgIpc) is 2.89. The van der Waals surface area contributed by atoms with Gasteiger partial charge < -0.3 is 15.8 Å². The second kappa shape index (κ2) is 7.13. The van der Waals surface area contributed by atoms with Crippen molar-refractivity contribution in [3.05, 3.63) is 0 Å². The van der Waals surface area contributed by atoms with E-state index in [1.165, 1.54) is 32.1 Å². The van der Waals surface area contributed by atoms with E-state index in [2.05, 4.69) is 24.2 Å². The molecule has 0 aromatic heterocycles. The molecule has 2 fully saturated rings. The molecular weight excluding hydrogens is 238 g/mol. The maximum absolute atomic E-state index is 5.99. The molecular formula is C15H29N3O. The van der Waals surface area contributed by atoms with Gasteiger partial charge in [0.05, 0.1) is 6.10 Å². The Kier molecular flexibility index (Phi) is 5.49. The van der Waals surface area contributed by atoms with Gasteiger partial charge in [0.15, 0.2) is 5.96 Å². The van der Waals surface area contributed by atoms with Crippen molar-refractivity contribution >= 4 is 5.96 Å². The highest BCUT2D eigenvalue weighted by Crippen LogP contribution is 2.26. The Morgan fingerprint density at radius 3 is 2.68 bits per heavy atom. The summed E-state index contributed by atoms with van der Waals surface area (Å²) >= 11 is 0. The molecule has 0 amide bonds. The first-order valence-corrected chi connectivity index (χ1v) is 7.85. The van der Waals surface area contributed by atoms with Gasteiger partial charge in [0.25, 0.3) is 0 Å². The SMILES string of the molecule is CC(C)C1OCCCC1CN=C(N)NC1CCCC1. The van der Waals surface area contributed by atoms with Crippen LogP contribution in [-0.4, -0.2) is 31.3 Å². The molecule has 1 heterocycles. The van der Waals surface area contributed by atoms with Crippen molar-refractivity contribution in [3.8, 4) is 0 Å². The van der Waals surface area contributed by atoms with E-state index in [0.29, 0.717) is 29.9 Å². The van der Waals surface area contributed by atoms with Gasteiger partial charge in [0.1, 0.15) is 0 Å². The van der Waals surface area contributed by atoms with Crippen molar-refractivity contribution in [1.82, 2.24) is 5.32 Å². The molecule has 2 atom stereocenters. The van der Waals surface area contributed by atoms with Crippen LogP contribution in [0.25, 0.3) is 0 Å². The number of nitrogens with zero attached hydrogens (tertiary/aromatic N) is 1. The third kappa shape index (κ3) is 4.37. The van der Waals surface area contributed by atoms with Crippen LogP contribution in [0.5, 0.6) is 0 Å². The molecule has 2 rings (SSSR count). The Balaban J connectivity index is 1.81. The van der Waals surface area contributed by atoms with Crippen LogP contribution < -0.4 is 11.1 Å². The minimum Gasteiger partial charge on any atom is -0.378 e. The second-order valence-corrected chi connectivity index (χ2v) is 6.33. The minimum absolute atomic E-state index is 0.344. The lowest BCUT2D eigenvalue weighted by molar-refractivity contribution is -0.0491. The van der Waals surface area contributed by atoms with Crippen molar-refractivity contribution in [2.24, 2.45) is 22.6 Å². The Morgan fingerprint density at radius 1 is 1.26 bits per heavy atom. The zero-order valence-electron chi connectivity index (χ0n) is 12.4. The van der Waals surface area contributed by atoms with E-state index >= 15 is 0 Å². The zero-order valence-corrected chi connectivity index (χ0v) is 12.4. The molecule has 1 saturated carbocycles. The van der Waals surface area contributed by atoms with E-state index in [0.717, 1.165) is 19.6 Å². The zero-order chi connectivity index (χ0) is 13.7. The fourth-order valence-electron chi connectivity index (χ4n) is 3.34. The van der Waals surface area contributed by atoms with Crippen molar-refractivity contribution in [2.75, 3.05) is 13.2 Å². The smallest absolute Gasteiger partial charge is 0.188 e. The summed E-state index contributed by atoms with van der Waals surface area (Å²) in [5.41, 5.74) is 5.99. The number of nitrogens with two attached hydrogens (primary N) is 1. The van der Waals surface area contributed by atoms with Gasteiger partial charge in [0, 0.05) is 25.1 Å². The van der Waals surface area contributed by atoms with Gasteiger partial charge in [-0.2, -0.15) is 0 Å². The molecule has 2 unspecified atom stereocenters. The van der Waals surface area contributed by atoms with Gasteiger partial charge in [-0.3, -0.25) is 4.99 Å². The fourth-order valence-corrected chi connectivity index (χ4v) is 3.34. The van der Waals surface area contributed by atoms with Crippen LogP contribution in [0.1, 0.15) is 52.4 Å². The van der Waals surface area contributed by atoms with E-state index in [1.807, 2.05) is 0 Å². The lowest BCUT2D eigenvalue weighted by Crippen LogP contribution is -2.40. The fraction of sp³-hybridized carbons (Fsp3) is 0.933. The summed E-state index contributed by atoms with van der Waals surface area (Å²) < 4.78 is 5.89. The van der Waals surface area contributed by atoms with Gasteiger partial charge in [0.2, 0.25) is 0 Å². The van der Waals surface area contributed by atoms with Gasteiger partial charge >= 0.3 is 0 Å². The van der Waals surface area contributed by atoms with Crippen molar-refractivity contribution in [1.29, 1.82) is 0 Å². The Labute approximate surface area is 117 Å². The molecule has 4 nitrogen and oxygen atoms in total. The minimum atomic E-state index is 0.344. The second-order valence-electron chi connectivity index (χ2n) is 6.33. The number of rotatable bonds is 4. The van der Waals surface area contributed by atoms with Crippen LogP contribution in [0.2, 0.25) is 0 Å². The highest BCUT2D eigenvalue weighted by Gasteiger charge is 2.28. The Morgan fingerprint density at radius 2 is 2.00 bits per heavy atom. The molecule has 1 aliphatic heterocycles. The lowest BCUT2D eigenvalue weighted by atomic mass is 9.87. The monoisotopic (exact) mass is 267 g/mol. The number of aliphatic imine (C=N–C) groups is 1. The molecule has 2 aliphatic rings. The number of hydrogen-bond donors (Lipinski definition) is 2. The van der Waals surface area contributed by atoms with Gasteiger partial charge in [-0.15, -0.1) is 0 Å². The Bertz CT molecular complexity index is 298. The number of hydrogen-bond acceptors (Lipinski definition) is 2. The third-order valence-corrected chi connectivity index (χ3v) is 4.35. The van der Waals surface area contributed by atoms with Gasteiger partial charge in [-0.1, -0.05) is 26.7 Å². The standard InChI is InChI=1S/C15H29N3O/c1-11(2)14-12(6-5-9-19-14)10-17-15(16)18-13-7-3-4-8-13/h11-14H,3-10H2,1-2H3,(H3,16,17,18). The summed E-state index contributed by atoms with van der Waals surface area (Å²) in [5, 5.41) is 3.35. The Hall–Kier alpha value is -0.770. The molecule has 110 valence electrons. The largest absolute Gasteiger partial charge is 0.378 e. The summed E-state index contributed by atoms with van der Waals surface area (Å²) in [6.45, 7) is 6.16. The van der Waals surface area contributed by atoms with Gasteiger partial charge in [-0.25, -0.2) is 0 Å². The first-order valence-electron chi connectivity index (χ1n) is 7.85. The van der Waals surface area contributed by atoms with E-state index in [9.17, 15) is 0 Å². The third-order valence-electron chi connectivity index (χ3n) is 4.35. The van der Waals surface area contributed by atoms with E-state index in [1.54, 1.807) is 0 Å². The predicted molar refractivity (Wildman–Crippen MR) is 79.2 cm³/mol. The van der Waals surface area contributed by atoms with Crippen LogP contribution in [0.15, 0.2) is 4.99 Å². The van der Waals surface area contributed by atoms with Crippen molar-refractivity contribution in [3.63, 3.8) is 0 Å². The van der Waals surface area contributed by atoms with E-state index in [-0.39, 0.29) is 0 Å². The van der Waals surface area contributed by atoms with Crippen molar-refractivity contribution in [2.45, 2.75) is 64.5 Å². The molecule has 1 saturated heterocycles. The summed E-state index contributed by atoms with van der Waals surface area (Å²) in [7, 11) is 0. The first kappa shape index (κ1) is 14.6.